The second-order valence-electron chi connectivity index (χ2n) is 4.25. The molecule has 1 amide bonds. The molecule has 0 atom stereocenters. The van der Waals surface area contributed by atoms with Crippen LogP contribution >= 0.6 is 12.6 Å². The predicted molar refractivity (Wildman–Crippen MR) is 83.2 cm³/mol. The molecule has 0 aliphatic carbocycles. The van der Waals surface area contributed by atoms with Gasteiger partial charge in [0.15, 0.2) is 0 Å². The van der Waals surface area contributed by atoms with E-state index in [1.807, 2.05) is 61.5 Å². The Kier molecular flexibility index (Phi) is 4.42. The molecule has 1 N–H and O–H groups in total. The molecule has 0 saturated heterocycles. The van der Waals surface area contributed by atoms with Gasteiger partial charge in [0.25, 0.3) is 0 Å². The van der Waals surface area contributed by atoms with Crippen LogP contribution in [0.25, 0.3) is 4.91 Å². The average molecular weight is 269 g/mol. The van der Waals surface area contributed by atoms with E-state index in [2.05, 4.69) is 17.9 Å². The van der Waals surface area contributed by atoms with Gasteiger partial charge in [-0.25, -0.2) is 0 Å². The molecule has 19 heavy (non-hydrogen) atoms. The van der Waals surface area contributed by atoms with Gasteiger partial charge in [0.2, 0.25) is 5.91 Å². The topological polar surface area (TPSA) is 29.1 Å². The normalized spacial score (nSPS) is 11.2. The summed E-state index contributed by atoms with van der Waals surface area (Å²) in [4.78, 5) is 12.5. The number of nitrogens with one attached hydrogen (secondary N) is 1. The summed E-state index contributed by atoms with van der Waals surface area (Å²) in [6.45, 7) is 2.01. The second kappa shape index (κ2) is 6.25. The highest BCUT2D eigenvalue weighted by Crippen LogP contribution is 2.18. The zero-order valence-electron chi connectivity index (χ0n) is 10.6. The molecule has 0 unspecified atom stereocenters. The van der Waals surface area contributed by atoms with Crippen molar-refractivity contribution in [3.05, 3.63) is 71.8 Å². The van der Waals surface area contributed by atoms with Gasteiger partial charge in [0, 0.05) is 16.7 Å². The van der Waals surface area contributed by atoms with Gasteiger partial charge in [-0.05, 0) is 24.6 Å². The fourth-order valence-electron chi connectivity index (χ4n) is 1.63. The van der Waals surface area contributed by atoms with Gasteiger partial charge in [-0.2, -0.15) is 0 Å². The third-order valence-electron chi connectivity index (χ3n) is 2.66. The quantitative estimate of drug-likeness (QED) is 0.642. The summed E-state index contributed by atoms with van der Waals surface area (Å²) in [5, 5.41) is 2.81. The molecule has 0 heterocycles. The van der Waals surface area contributed by atoms with Crippen LogP contribution in [0.1, 0.15) is 11.1 Å². The zero-order valence-corrected chi connectivity index (χ0v) is 11.5. The molecule has 0 fully saturated rings. The SMILES string of the molecule is Cc1ccc(NC(=O)C=C(S)c2ccccc2)cc1. The Hall–Kier alpha value is -2.00. The van der Waals surface area contributed by atoms with Crippen LogP contribution < -0.4 is 5.32 Å². The highest BCUT2D eigenvalue weighted by Gasteiger charge is 2.01. The third-order valence-corrected chi connectivity index (χ3v) is 3.04. The van der Waals surface area contributed by atoms with Crippen LogP contribution in [0.3, 0.4) is 0 Å². The second-order valence-corrected chi connectivity index (χ2v) is 4.73. The molecule has 2 aromatic rings. The van der Waals surface area contributed by atoms with Crippen molar-refractivity contribution >= 4 is 29.1 Å². The van der Waals surface area contributed by atoms with E-state index in [4.69, 9.17) is 0 Å². The number of aryl methyl sites for hydroxylation is 1. The molecule has 0 aliphatic heterocycles. The van der Waals surface area contributed by atoms with Gasteiger partial charge in [-0.15, -0.1) is 12.6 Å². The minimum atomic E-state index is -0.183. The third kappa shape index (κ3) is 4.00. The summed E-state index contributed by atoms with van der Waals surface area (Å²) in [7, 11) is 0. The van der Waals surface area contributed by atoms with Crippen molar-refractivity contribution in [2.75, 3.05) is 5.32 Å². The van der Waals surface area contributed by atoms with E-state index in [1.54, 1.807) is 0 Å². The fraction of sp³-hybridized carbons (Fsp3) is 0.0625. The number of benzene rings is 2. The molecule has 0 bridgehead atoms. The van der Waals surface area contributed by atoms with E-state index in [0.29, 0.717) is 4.91 Å². The van der Waals surface area contributed by atoms with Crippen molar-refractivity contribution in [1.29, 1.82) is 0 Å². The molecule has 0 aromatic heterocycles. The lowest BCUT2D eigenvalue weighted by atomic mass is 10.2. The maximum Gasteiger partial charge on any atom is 0.249 e. The van der Waals surface area contributed by atoms with Crippen molar-refractivity contribution in [2.24, 2.45) is 0 Å². The van der Waals surface area contributed by atoms with Crippen LogP contribution in [-0.4, -0.2) is 5.91 Å². The standard InChI is InChI=1S/C16H15NOS/c1-12-7-9-14(10-8-12)17-16(18)11-15(19)13-5-3-2-4-6-13/h2-11,19H,1H3,(H,17,18). The molecule has 0 spiro atoms. The number of hydrogen-bond acceptors (Lipinski definition) is 2. The lowest BCUT2D eigenvalue weighted by molar-refractivity contribution is -0.111. The summed E-state index contributed by atoms with van der Waals surface area (Å²) in [6.07, 6.45) is 1.48. The van der Waals surface area contributed by atoms with Gasteiger partial charge in [0.05, 0.1) is 0 Å². The molecule has 96 valence electrons. The Balaban J connectivity index is 2.07. The van der Waals surface area contributed by atoms with Gasteiger partial charge in [-0.3, -0.25) is 4.79 Å². The van der Waals surface area contributed by atoms with Crippen molar-refractivity contribution in [1.82, 2.24) is 0 Å². The number of hydrogen-bond donors (Lipinski definition) is 2. The van der Waals surface area contributed by atoms with Gasteiger partial charge < -0.3 is 5.32 Å². The molecule has 2 aromatic carbocycles. The van der Waals surface area contributed by atoms with Crippen molar-refractivity contribution < 1.29 is 4.79 Å². The van der Waals surface area contributed by atoms with Crippen molar-refractivity contribution in [3.63, 3.8) is 0 Å². The Morgan fingerprint density at radius 1 is 1.05 bits per heavy atom. The highest BCUT2D eigenvalue weighted by atomic mass is 32.1. The Morgan fingerprint density at radius 2 is 1.68 bits per heavy atom. The van der Waals surface area contributed by atoms with E-state index >= 15 is 0 Å². The molecule has 0 radical (unpaired) electrons. The number of carbonyl (C=O) groups excluding carboxylic acids is 1. The Labute approximate surface area is 118 Å². The first-order valence-electron chi connectivity index (χ1n) is 5.99. The molecule has 3 heteroatoms. The fourth-order valence-corrected chi connectivity index (χ4v) is 1.90. The molecule has 0 aliphatic rings. The lowest BCUT2D eigenvalue weighted by Crippen LogP contribution is -2.08. The summed E-state index contributed by atoms with van der Waals surface area (Å²) >= 11 is 4.34. The van der Waals surface area contributed by atoms with Crippen LogP contribution in [0, 0.1) is 6.92 Å². The van der Waals surface area contributed by atoms with E-state index in [9.17, 15) is 4.79 Å². The van der Waals surface area contributed by atoms with Crippen molar-refractivity contribution in [2.45, 2.75) is 6.92 Å². The van der Waals surface area contributed by atoms with Gasteiger partial charge in [0.1, 0.15) is 0 Å². The Morgan fingerprint density at radius 3 is 2.32 bits per heavy atom. The van der Waals surface area contributed by atoms with Crippen LogP contribution in [0.4, 0.5) is 5.69 Å². The lowest BCUT2D eigenvalue weighted by Gasteiger charge is -2.04. The summed E-state index contributed by atoms with van der Waals surface area (Å²) in [6, 6.07) is 17.3. The van der Waals surface area contributed by atoms with Crippen LogP contribution in [0.15, 0.2) is 60.7 Å². The van der Waals surface area contributed by atoms with E-state index in [1.165, 1.54) is 6.08 Å². The molecule has 2 rings (SSSR count). The first-order chi connectivity index (χ1) is 9.15. The number of anilines is 1. The first kappa shape index (κ1) is 13.4. The largest absolute Gasteiger partial charge is 0.322 e. The first-order valence-corrected chi connectivity index (χ1v) is 6.43. The summed E-state index contributed by atoms with van der Waals surface area (Å²) in [5.74, 6) is -0.183. The smallest absolute Gasteiger partial charge is 0.249 e. The summed E-state index contributed by atoms with van der Waals surface area (Å²) < 4.78 is 0. The maximum atomic E-state index is 11.8. The van der Waals surface area contributed by atoms with E-state index < -0.39 is 0 Å². The molecule has 2 nitrogen and oxygen atoms in total. The maximum absolute atomic E-state index is 11.8. The molecular weight excluding hydrogens is 254 g/mol. The van der Waals surface area contributed by atoms with Crippen LogP contribution in [0.5, 0.6) is 0 Å². The number of amides is 1. The Bertz CT molecular complexity index is 588. The van der Waals surface area contributed by atoms with Gasteiger partial charge >= 0.3 is 0 Å². The minimum absolute atomic E-state index is 0.183. The summed E-state index contributed by atoms with van der Waals surface area (Å²) in [5.41, 5.74) is 2.86. The highest BCUT2D eigenvalue weighted by molar-refractivity contribution is 7.90. The number of thiol groups is 1. The number of carbonyl (C=O) groups is 1. The van der Waals surface area contributed by atoms with E-state index in [-0.39, 0.29) is 5.91 Å². The predicted octanol–water partition coefficient (Wildman–Crippen LogP) is 3.90. The van der Waals surface area contributed by atoms with Crippen LogP contribution in [0.2, 0.25) is 0 Å². The average Bonchev–Trinajstić information content (AvgIpc) is 2.42. The van der Waals surface area contributed by atoms with Crippen molar-refractivity contribution in [3.8, 4) is 0 Å². The molecule has 0 saturated carbocycles. The van der Waals surface area contributed by atoms with Gasteiger partial charge in [-0.1, -0.05) is 48.0 Å². The molecular formula is C16H15NOS. The monoisotopic (exact) mass is 269 g/mol. The zero-order chi connectivity index (χ0) is 13.7. The number of rotatable bonds is 3. The van der Waals surface area contributed by atoms with E-state index in [0.717, 1.165) is 16.8 Å². The minimum Gasteiger partial charge on any atom is -0.322 e. The van der Waals surface area contributed by atoms with Crippen LogP contribution in [-0.2, 0) is 4.79 Å².